The van der Waals surface area contributed by atoms with Crippen molar-refractivity contribution in [2.45, 2.75) is 31.5 Å². The van der Waals surface area contributed by atoms with Gasteiger partial charge in [-0.05, 0) is 37.9 Å². The predicted molar refractivity (Wildman–Crippen MR) is 63.4 cm³/mol. The Kier molecular flexibility index (Phi) is 4.06. The van der Waals surface area contributed by atoms with Gasteiger partial charge in [-0.25, -0.2) is 4.98 Å². The summed E-state index contributed by atoms with van der Waals surface area (Å²) in [5, 5.41) is 6.27. The van der Waals surface area contributed by atoms with Crippen LogP contribution in [0.5, 0.6) is 0 Å². The first-order valence-electron chi connectivity index (χ1n) is 6.07. The molecule has 18 heavy (non-hydrogen) atoms. The molecule has 0 amide bonds. The number of anilines is 1. The standard InChI is InChI=1S/C12H16F3N3/c13-12(14,15)10-4-1-5-11(18-10)17-8-6-9-3-2-7-16-9/h1,4-5,9,16H,2-3,6-8H2,(H,17,18). The van der Waals surface area contributed by atoms with E-state index in [0.717, 1.165) is 25.5 Å². The van der Waals surface area contributed by atoms with Crippen LogP contribution in [0.15, 0.2) is 18.2 Å². The van der Waals surface area contributed by atoms with Crippen LogP contribution in [0.4, 0.5) is 19.0 Å². The normalized spacial score (nSPS) is 20.1. The first-order chi connectivity index (χ1) is 8.55. The van der Waals surface area contributed by atoms with Crippen LogP contribution < -0.4 is 10.6 Å². The maximum Gasteiger partial charge on any atom is 0.433 e. The smallest absolute Gasteiger partial charge is 0.370 e. The zero-order chi connectivity index (χ0) is 13.0. The number of rotatable bonds is 4. The predicted octanol–water partition coefficient (Wildman–Crippen LogP) is 2.65. The fraction of sp³-hybridized carbons (Fsp3) is 0.583. The van der Waals surface area contributed by atoms with E-state index in [9.17, 15) is 13.2 Å². The van der Waals surface area contributed by atoms with E-state index in [1.807, 2.05) is 0 Å². The van der Waals surface area contributed by atoms with Gasteiger partial charge in [-0.3, -0.25) is 0 Å². The summed E-state index contributed by atoms with van der Waals surface area (Å²) in [5.74, 6) is 0.280. The van der Waals surface area contributed by atoms with E-state index in [1.165, 1.54) is 12.5 Å². The topological polar surface area (TPSA) is 37.0 Å². The minimum Gasteiger partial charge on any atom is -0.370 e. The lowest BCUT2D eigenvalue weighted by atomic mass is 10.1. The summed E-state index contributed by atoms with van der Waals surface area (Å²) in [6.07, 6.45) is -1.17. The lowest BCUT2D eigenvalue weighted by Crippen LogP contribution is -2.24. The van der Waals surface area contributed by atoms with Gasteiger partial charge in [0.1, 0.15) is 11.5 Å². The number of nitrogens with one attached hydrogen (secondary N) is 2. The molecular weight excluding hydrogens is 243 g/mol. The molecule has 0 aromatic carbocycles. The molecular formula is C12H16F3N3. The van der Waals surface area contributed by atoms with Crippen LogP contribution in [0.3, 0.4) is 0 Å². The second kappa shape index (κ2) is 5.56. The Morgan fingerprint density at radius 2 is 2.22 bits per heavy atom. The molecule has 1 aromatic heterocycles. The number of nitrogens with zero attached hydrogens (tertiary/aromatic N) is 1. The maximum absolute atomic E-state index is 12.4. The molecule has 3 nitrogen and oxygen atoms in total. The molecule has 0 spiro atoms. The molecule has 1 aliphatic heterocycles. The van der Waals surface area contributed by atoms with Crippen molar-refractivity contribution in [1.29, 1.82) is 0 Å². The van der Waals surface area contributed by atoms with Crippen molar-refractivity contribution < 1.29 is 13.2 Å². The Morgan fingerprint density at radius 1 is 1.39 bits per heavy atom. The van der Waals surface area contributed by atoms with Gasteiger partial charge in [0.2, 0.25) is 0 Å². The van der Waals surface area contributed by atoms with E-state index in [4.69, 9.17) is 0 Å². The third kappa shape index (κ3) is 3.60. The molecule has 0 radical (unpaired) electrons. The van der Waals surface area contributed by atoms with Crippen molar-refractivity contribution in [2.75, 3.05) is 18.4 Å². The van der Waals surface area contributed by atoms with E-state index in [2.05, 4.69) is 15.6 Å². The lowest BCUT2D eigenvalue weighted by Gasteiger charge is -2.12. The molecule has 1 aliphatic rings. The minimum absolute atomic E-state index is 0.280. The summed E-state index contributed by atoms with van der Waals surface area (Å²) < 4.78 is 37.3. The summed E-state index contributed by atoms with van der Waals surface area (Å²) in [7, 11) is 0. The van der Waals surface area contributed by atoms with Crippen molar-refractivity contribution in [3.8, 4) is 0 Å². The number of hydrogen-bond donors (Lipinski definition) is 2. The molecule has 2 N–H and O–H groups in total. The summed E-state index contributed by atoms with van der Waals surface area (Å²) in [6.45, 7) is 1.67. The van der Waals surface area contributed by atoms with Crippen molar-refractivity contribution in [1.82, 2.24) is 10.3 Å². The number of halogens is 3. The number of alkyl halides is 3. The summed E-state index contributed by atoms with van der Waals surface area (Å²) in [5.41, 5.74) is -0.855. The number of pyridine rings is 1. The van der Waals surface area contributed by atoms with Gasteiger partial charge in [-0.2, -0.15) is 13.2 Å². The summed E-state index contributed by atoms with van der Waals surface area (Å²) in [6, 6.07) is 4.37. The van der Waals surface area contributed by atoms with Crippen LogP contribution in [-0.4, -0.2) is 24.1 Å². The second-order valence-electron chi connectivity index (χ2n) is 4.41. The average molecular weight is 259 g/mol. The number of aromatic nitrogens is 1. The Hall–Kier alpha value is -1.30. The molecule has 2 heterocycles. The summed E-state index contributed by atoms with van der Waals surface area (Å²) >= 11 is 0. The highest BCUT2D eigenvalue weighted by atomic mass is 19.4. The summed E-state index contributed by atoms with van der Waals surface area (Å²) in [4.78, 5) is 3.55. The second-order valence-corrected chi connectivity index (χ2v) is 4.41. The molecule has 0 aliphatic carbocycles. The fourth-order valence-electron chi connectivity index (χ4n) is 2.07. The molecule has 1 aromatic rings. The monoisotopic (exact) mass is 259 g/mol. The van der Waals surface area contributed by atoms with Gasteiger partial charge in [0, 0.05) is 12.6 Å². The molecule has 0 saturated carbocycles. The average Bonchev–Trinajstić information content (AvgIpc) is 2.81. The van der Waals surface area contributed by atoms with Gasteiger partial charge in [-0.15, -0.1) is 0 Å². The van der Waals surface area contributed by atoms with E-state index in [1.54, 1.807) is 6.07 Å². The Labute approximate surface area is 104 Å². The molecule has 6 heteroatoms. The lowest BCUT2D eigenvalue weighted by molar-refractivity contribution is -0.141. The van der Waals surface area contributed by atoms with Crippen LogP contribution >= 0.6 is 0 Å². The first-order valence-corrected chi connectivity index (χ1v) is 6.07. The van der Waals surface area contributed by atoms with Crippen LogP contribution in [0.2, 0.25) is 0 Å². The van der Waals surface area contributed by atoms with Gasteiger partial charge in [0.25, 0.3) is 0 Å². The zero-order valence-electron chi connectivity index (χ0n) is 9.93. The molecule has 2 rings (SSSR count). The van der Waals surface area contributed by atoms with Crippen molar-refractivity contribution in [3.05, 3.63) is 23.9 Å². The highest BCUT2D eigenvalue weighted by Crippen LogP contribution is 2.28. The van der Waals surface area contributed by atoms with Crippen molar-refractivity contribution in [3.63, 3.8) is 0 Å². The SMILES string of the molecule is FC(F)(F)c1cccc(NCCC2CCCN2)n1. The van der Waals surface area contributed by atoms with Gasteiger partial charge in [0.05, 0.1) is 0 Å². The molecule has 1 saturated heterocycles. The van der Waals surface area contributed by atoms with Crippen LogP contribution in [0, 0.1) is 0 Å². The van der Waals surface area contributed by atoms with Gasteiger partial charge < -0.3 is 10.6 Å². The number of hydrogen-bond acceptors (Lipinski definition) is 3. The van der Waals surface area contributed by atoms with E-state index < -0.39 is 11.9 Å². The third-order valence-electron chi connectivity index (χ3n) is 3.00. The fourth-order valence-corrected chi connectivity index (χ4v) is 2.07. The quantitative estimate of drug-likeness (QED) is 0.872. The first kappa shape index (κ1) is 13.1. The van der Waals surface area contributed by atoms with Gasteiger partial charge in [0.15, 0.2) is 0 Å². The van der Waals surface area contributed by atoms with Crippen molar-refractivity contribution >= 4 is 5.82 Å². The van der Waals surface area contributed by atoms with E-state index in [-0.39, 0.29) is 5.82 Å². The zero-order valence-corrected chi connectivity index (χ0v) is 9.93. The Morgan fingerprint density at radius 3 is 2.89 bits per heavy atom. The van der Waals surface area contributed by atoms with Gasteiger partial charge in [-0.1, -0.05) is 6.07 Å². The van der Waals surface area contributed by atoms with Crippen LogP contribution in [-0.2, 0) is 6.18 Å². The molecule has 1 atom stereocenters. The molecule has 100 valence electrons. The molecule has 1 fully saturated rings. The Balaban J connectivity index is 1.85. The molecule has 1 unspecified atom stereocenters. The highest BCUT2D eigenvalue weighted by Gasteiger charge is 2.32. The van der Waals surface area contributed by atoms with Crippen LogP contribution in [0.1, 0.15) is 25.0 Å². The van der Waals surface area contributed by atoms with Crippen molar-refractivity contribution in [2.24, 2.45) is 0 Å². The minimum atomic E-state index is -4.38. The van der Waals surface area contributed by atoms with E-state index >= 15 is 0 Å². The maximum atomic E-state index is 12.4. The molecule has 0 bridgehead atoms. The van der Waals surface area contributed by atoms with Crippen LogP contribution in [0.25, 0.3) is 0 Å². The van der Waals surface area contributed by atoms with E-state index in [0.29, 0.717) is 12.6 Å². The van der Waals surface area contributed by atoms with Gasteiger partial charge >= 0.3 is 6.18 Å². The third-order valence-corrected chi connectivity index (χ3v) is 3.00. The Bertz CT molecular complexity index is 386. The largest absolute Gasteiger partial charge is 0.433 e. The highest BCUT2D eigenvalue weighted by molar-refractivity contribution is 5.35.